The van der Waals surface area contributed by atoms with E-state index in [4.69, 9.17) is 0 Å². The second kappa shape index (κ2) is 8.65. The minimum atomic E-state index is -0.985. The Kier molecular flexibility index (Phi) is 6.05. The van der Waals surface area contributed by atoms with Crippen molar-refractivity contribution < 1.29 is 14.7 Å². The minimum Gasteiger partial charge on any atom is -0.480 e. The van der Waals surface area contributed by atoms with Gasteiger partial charge in [-0.1, -0.05) is 73.9 Å². The van der Waals surface area contributed by atoms with E-state index in [9.17, 15) is 14.7 Å². The summed E-state index contributed by atoms with van der Waals surface area (Å²) in [7, 11) is 0. The first-order valence-corrected chi connectivity index (χ1v) is 9.31. The van der Waals surface area contributed by atoms with E-state index in [1.807, 2.05) is 54.6 Å². The second-order valence-electron chi connectivity index (χ2n) is 7.00. The van der Waals surface area contributed by atoms with Gasteiger partial charge in [0.15, 0.2) is 0 Å². The normalized spacial score (nSPS) is 16.0. The lowest BCUT2D eigenvalue weighted by atomic mass is 9.88. The van der Waals surface area contributed by atoms with Crippen molar-refractivity contribution in [3.05, 3.63) is 60.2 Å². The molecular formula is C22H25NO3. The van der Waals surface area contributed by atoms with Crippen LogP contribution in [0.2, 0.25) is 0 Å². The zero-order valence-electron chi connectivity index (χ0n) is 14.9. The van der Waals surface area contributed by atoms with Crippen LogP contribution in [0, 0.1) is 5.92 Å². The summed E-state index contributed by atoms with van der Waals surface area (Å²) in [6.45, 7) is 0. The molecule has 26 heavy (non-hydrogen) atoms. The van der Waals surface area contributed by atoms with Crippen molar-refractivity contribution in [1.29, 1.82) is 0 Å². The molecule has 2 N–H and O–H groups in total. The number of hydrogen-bond donors (Lipinski definition) is 2. The Morgan fingerprint density at radius 3 is 2.15 bits per heavy atom. The van der Waals surface area contributed by atoms with Crippen LogP contribution in [-0.2, 0) is 16.0 Å². The van der Waals surface area contributed by atoms with Gasteiger partial charge in [-0.05, 0) is 29.5 Å². The third-order valence-electron chi connectivity index (χ3n) is 5.09. The van der Waals surface area contributed by atoms with Crippen LogP contribution in [0.25, 0.3) is 11.1 Å². The fourth-order valence-electron chi connectivity index (χ4n) is 3.55. The third-order valence-corrected chi connectivity index (χ3v) is 5.09. The lowest BCUT2D eigenvalue weighted by Crippen LogP contribution is -2.45. The topological polar surface area (TPSA) is 66.4 Å². The lowest BCUT2D eigenvalue weighted by Gasteiger charge is -2.23. The van der Waals surface area contributed by atoms with E-state index < -0.39 is 12.0 Å². The quantitative estimate of drug-likeness (QED) is 0.825. The molecule has 0 saturated heterocycles. The maximum absolute atomic E-state index is 12.4. The molecule has 3 rings (SSSR count). The van der Waals surface area contributed by atoms with Crippen molar-refractivity contribution in [3.8, 4) is 11.1 Å². The first-order chi connectivity index (χ1) is 12.6. The predicted molar refractivity (Wildman–Crippen MR) is 102 cm³/mol. The van der Waals surface area contributed by atoms with Gasteiger partial charge in [-0.3, -0.25) is 4.79 Å². The molecule has 0 heterocycles. The number of nitrogens with one attached hydrogen (secondary N) is 1. The SMILES string of the molecule is O=C(N[C@@H](Cc1ccc(-c2ccccc2)cc1)C(=O)O)C1CCCCC1. The summed E-state index contributed by atoms with van der Waals surface area (Å²) in [4.78, 5) is 24.0. The highest BCUT2D eigenvalue weighted by Crippen LogP contribution is 2.24. The van der Waals surface area contributed by atoms with Crippen LogP contribution in [0.5, 0.6) is 0 Å². The van der Waals surface area contributed by atoms with Gasteiger partial charge in [0, 0.05) is 12.3 Å². The Bertz CT molecular complexity index is 734. The van der Waals surface area contributed by atoms with Gasteiger partial charge in [-0.25, -0.2) is 4.79 Å². The van der Waals surface area contributed by atoms with Crippen molar-refractivity contribution in [2.45, 2.75) is 44.6 Å². The van der Waals surface area contributed by atoms with E-state index in [-0.39, 0.29) is 11.8 Å². The van der Waals surface area contributed by atoms with E-state index in [1.54, 1.807) is 0 Å². The van der Waals surface area contributed by atoms with Crippen molar-refractivity contribution in [1.82, 2.24) is 5.32 Å². The Labute approximate surface area is 154 Å². The maximum Gasteiger partial charge on any atom is 0.326 e. The number of carboxylic acid groups (broad SMARTS) is 1. The Hall–Kier alpha value is -2.62. The highest BCUT2D eigenvalue weighted by atomic mass is 16.4. The van der Waals surface area contributed by atoms with Gasteiger partial charge in [0.1, 0.15) is 6.04 Å². The van der Waals surface area contributed by atoms with E-state index in [2.05, 4.69) is 5.32 Å². The largest absolute Gasteiger partial charge is 0.480 e. The molecule has 1 aliphatic carbocycles. The van der Waals surface area contributed by atoms with Gasteiger partial charge >= 0.3 is 5.97 Å². The molecule has 2 aromatic rings. The second-order valence-corrected chi connectivity index (χ2v) is 7.00. The molecule has 2 aromatic carbocycles. The number of benzene rings is 2. The molecule has 1 saturated carbocycles. The molecule has 1 amide bonds. The van der Waals surface area contributed by atoms with E-state index in [0.29, 0.717) is 6.42 Å². The van der Waals surface area contributed by atoms with Crippen LogP contribution in [0.4, 0.5) is 0 Å². The minimum absolute atomic E-state index is 0.0361. The van der Waals surface area contributed by atoms with Crippen LogP contribution in [-0.4, -0.2) is 23.0 Å². The first kappa shape index (κ1) is 18.2. The summed E-state index contributed by atoms with van der Waals surface area (Å²) < 4.78 is 0. The van der Waals surface area contributed by atoms with E-state index in [1.165, 1.54) is 6.42 Å². The number of carbonyl (C=O) groups excluding carboxylic acids is 1. The smallest absolute Gasteiger partial charge is 0.326 e. The fraction of sp³-hybridized carbons (Fsp3) is 0.364. The zero-order chi connectivity index (χ0) is 18.4. The average molecular weight is 351 g/mol. The van der Waals surface area contributed by atoms with Crippen LogP contribution < -0.4 is 5.32 Å². The number of carboxylic acids is 1. The Morgan fingerprint density at radius 2 is 1.54 bits per heavy atom. The number of hydrogen-bond acceptors (Lipinski definition) is 2. The summed E-state index contributed by atoms with van der Waals surface area (Å²) in [6, 6.07) is 17.0. The average Bonchev–Trinajstić information content (AvgIpc) is 2.69. The highest BCUT2D eigenvalue weighted by Gasteiger charge is 2.26. The number of amides is 1. The molecular weight excluding hydrogens is 326 g/mol. The van der Waals surface area contributed by atoms with Gasteiger partial charge in [-0.15, -0.1) is 0 Å². The standard InChI is InChI=1S/C22H25NO3/c24-21(19-9-5-2-6-10-19)23-20(22(25)26)15-16-11-13-18(14-12-16)17-7-3-1-4-8-17/h1,3-4,7-8,11-14,19-20H,2,5-6,9-10,15H2,(H,23,24)(H,25,26)/t20-/m0/s1. The van der Waals surface area contributed by atoms with Gasteiger partial charge in [0.25, 0.3) is 0 Å². The summed E-state index contributed by atoms with van der Waals surface area (Å²) in [5.41, 5.74) is 3.12. The summed E-state index contributed by atoms with van der Waals surface area (Å²) in [5, 5.41) is 12.2. The first-order valence-electron chi connectivity index (χ1n) is 9.31. The van der Waals surface area contributed by atoms with E-state index >= 15 is 0 Å². The molecule has 0 aliphatic heterocycles. The number of aliphatic carboxylic acids is 1. The molecule has 0 aromatic heterocycles. The van der Waals surface area contributed by atoms with Crippen LogP contribution in [0.3, 0.4) is 0 Å². The van der Waals surface area contributed by atoms with Crippen molar-refractivity contribution >= 4 is 11.9 Å². The van der Waals surface area contributed by atoms with Gasteiger partial charge in [0.2, 0.25) is 5.91 Å². The summed E-state index contributed by atoms with van der Waals surface area (Å²) in [5.74, 6) is -1.13. The molecule has 1 fully saturated rings. The Morgan fingerprint density at radius 1 is 0.923 bits per heavy atom. The van der Waals surface area contributed by atoms with Crippen molar-refractivity contribution in [2.24, 2.45) is 5.92 Å². The van der Waals surface area contributed by atoms with Gasteiger partial charge < -0.3 is 10.4 Å². The molecule has 136 valence electrons. The van der Waals surface area contributed by atoms with Crippen LogP contribution in [0.1, 0.15) is 37.7 Å². The van der Waals surface area contributed by atoms with Gasteiger partial charge in [-0.2, -0.15) is 0 Å². The van der Waals surface area contributed by atoms with Crippen LogP contribution in [0.15, 0.2) is 54.6 Å². The third kappa shape index (κ3) is 4.72. The molecule has 1 aliphatic rings. The molecule has 0 bridgehead atoms. The number of rotatable bonds is 6. The van der Waals surface area contributed by atoms with Gasteiger partial charge in [0.05, 0.1) is 0 Å². The molecule has 1 atom stereocenters. The Balaban J connectivity index is 1.64. The molecule has 0 unspecified atom stereocenters. The van der Waals surface area contributed by atoms with E-state index in [0.717, 1.165) is 42.4 Å². The number of carbonyl (C=O) groups is 2. The summed E-state index contributed by atoms with van der Waals surface area (Å²) in [6.07, 6.45) is 5.30. The maximum atomic E-state index is 12.4. The highest BCUT2D eigenvalue weighted by molar-refractivity contribution is 5.85. The fourth-order valence-corrected chi connectivity index (χ4v) is 3.55. The lowest BCUT2D eigenvalue weighted by molar-refractivity contribution is -0.142. The van der Waals surface area contributed by atoms with Crippen molar-refractivity contribution in [3.63, 3.8) is 0 Å². The predicted octanol–water partition coefficient (Wildman–Crippen LogP) is 4.05. The molecule has 0 spiro atoms. The molecule has 4 heteroatoms. The monoisotopic (exact) mass is 351 g/mol. The summed E-state index contributed by atoms with van der Waals surface area (Å²) >= 11 is 0. The van der Waals surface area contributed by atoms with Crippen LogP contribution >= 0.6 is 0 Å². The zero-order valence-corrected chi connectivity index (χ0v) is 14.9. The van der Waals surface area contributed by atoms with Crippen molar-refractivity contribution in [2.75, 3.05) is 0 Å². The molecule has 4 nitrogen and oxygen atoms in total. The molecule has 0 radical (unpaired) electrons.